The lowest BCUT2D eigenvalue weighted by molar-refractivity contribution is 0.0521. The van der Waals surface area contributed by atoms with Gasteiger partial charge in [-0.1, -0.05) is 18.6 Å². The second-order valence-corrected chi connectivity index (χ2v) is 5.61. The summed E-state index contributed by atoms with van der Waals surface area (Å²) in [6, 6.07) is 8.00. The van der Waals surface area contributed by atoms with Crippen LogP contribution in [0, 0.1) is 11.3 Å². The summed E-state index contributed by atoms with van der Waals surface area (Å²) in [5, 5.41) is 10.2. The number of rotatable bonds is 4. The van der Waals surface area contributed by atoms with Crippen LogP contribution in [0.1, 0.15) is 53.6 Å². The minimum Gasteiger partial charge on any atom is -0.480 e. The molecule has 0 N–H and O–H groups in total. The van der Waals surface area contributed by atoms with E-state index in [0.717, 1.165) is 0 Å². The Balaban J connectivity index is 2.20. The van der Waals surface area contributed by atoms with Gasteiger partial charge < -0.3 is 9.47 Å². The Bertz CT molecular complexity index is 804. The molecule has 5 heteroatoms. The molecule has 0 saturated heterocycles. The van der Waals surface area contributed by atoms with Crippen molar-refractivity contribution in [3.8, 4) is 11.9 Å². The number of benzene rings is 1. The maximum atomic E-state index is 12.2. The molecule has 23 heavy (non-hydrogen) atoms. The molecule has 1 aliphatic rings. The predicted octanol–water partition coefficient (Wildman–Crippen LogP) is 3.56. The molecule has 2 aromatic rings. The zero-order valence-electron chi connectivity index (χ0n) is 13.3. The van der Waals surface area contributed by atoms with Crippen molar-refractivity contribution >= 4 is 16.9 Å². The average Bonchev–Trinajstić information content (AvgIpc) is 2.51. The van der Waals surface area contributed by atoms with Crippen LogP contribution in [0.25, 0.3) is 10.9 Å². The predicted molar refractivity (Wildman–Crippen MR) is 85.6 cm³/mol. The van der Waals surface area contributed by atoms with Gasteiger partial charge in [0.15, 0.2) is 0 Å². The summed E-state index contributed by atoms with van der Waals surface area (Å²) in [5.41, 5.74) is 2.26. The van der Waals surface area contributed by atoms with E-state index >= 15 is 0 Å². The highest BCUT2D eigenvalue weighted by Gasteiger charge is 2.25. The Morgan fingerprint density at radius 1 is 1.43 bits per heavy atom. The Morgan fingerprint density at radius 3 is 2.78 bits per heavy atom. The zero-order chi connectivity index (χ0) is 16.4. The first kappa shape index (κ1) is 15.3. The second kappa shape index (κ2) is 6.25. The quantitative estimate of drug-likeness (QED) is 0.807. The van der Waals surface area contributed by atoms with Crippen molar-refractivity contribution in [1.82, 2.24) is 4.98 Å². The first-order valence-corrected chi connectivity index (χ1v) is 7.78. The van der Waals surface area contributed by atoms with Gasteiger partial charge >= 0.3 is 5.97 Å². The second-order valence-electron chi connectivity index (χ2n) is 5.61. The van der Waals surface area contributed by atoms with E-state index in [1.54, 1.807) is 6.92 Å². The van der Waals surface area contributed by atoms with Crippen LogP contribution in [0.4, 0.5) is 0 Å². The molecule has 0 unspecified atom stereocenters. The van der Waals surface area contributed by atoms with E-state index in [-0.39, 0.29) is 23.6 Å². The van der Waals surface area contributed by atoms with Crippen LogP contribution in [-0.2, 0) is 4.74 Å². The molecule has 118 valence electrons. The highest BCUT2D eigenvalue weighted by atomic mass is 16.5. The van der Waals surface area contributed by atoms with E-state index in [1.165, 1.54) is 31.9 Å². The number of ether oxygens (including phenoxy) is 2. The average molecular weight is 310 g/mol. The third-order valence-corrected chi connectivity index (χ3v) is 4.34. The lowest BCUT2D eigenvalue weighted by atomic mass is 9.80. The molecule has 1 aliphatic carbocycles. The van der Waals surface area contributed by atoms with E-state index in [1.807, 2.05) is 18.2 Å². The molecule has 1 aromatic heterocycles. The van der Waals surface area contributed by atoms with Crippen molar-refractivity contribution in [2.75, 3.05) is 13.7 Å². The molecule has 0 radical (unpaired) electrons. The number of nitriles is 1. The molecule has 1 aromatic carbocycles. The lowest BCUT2D eigenvalue weighted by Gasteiger charge is -2.26. The minimum absolute atomic E-state index is 0.0979. The van der Waals surface area contributed by atoms with Crippen molar-refractivity contribution in [2.45, 2.75) is 32.1 Å². The van der Waals surface area contributed by atoms with Crippen molar-refractivity contribution in [2.24, 2.45) is 0 Å². The fourth-order valence-corrected chi connectivity index (χ4v) is 2.91. The van der Waals surface area contributed by atoms with Crippen molar-refractivity contribution in [3.05, 3.63) is 34.9 Å². The number of aromatic nitrogens is 1. The molecule has 0 bridgehead atoms. The van der Waals surface area contributed by atoms with E-state index in [4.69, 9.17) is 9.47 Å². The van der Waals surface area contributed by atoms with Gasteiger partial charge in [0.2, 0.25) is 5.88 Å². The fraction of sp³-hybridized carbons (Fsp3) is 0.389. The number of nitrogens with zero attached hydrogens (tertiary/aromatic N) is 2. The summed E-state index contributed by atoms with van der Waals surface area (Å²) in [7, 11) is 1.44. The molecule has 0 aliphatic heterocycles. The number of pyridine rings is 1. The first-order chi connectivity index (χ1) is 11.2. The largest absolute Gasteiger partial charge is 0.480 e. The molecule has 0 atom stereocenters. The summed E-state index contributed by atoms with van der Waals surface area (Å²) in [6.45, 7) is 1.95. The highest BCUT2D eigenvalue weighted by molar-refractivity contribution is 6.01. The van der Waals surface area contributed by atoms with Crippen molar-refractivity contribution in [3.63, 3.8) is 0 Å². The van der Waals surface area contributed by atoms with Crippen LogP contribution < -0.4 is 4.74 Å². The molecule has 3 rings (SSSR count). The standard InChI is InChI=1S/C18H18N2O3/c1-3-23-18(21)16-14(10-19)13-8-7-12(11-5-4-6-11)9-15(13)20-17(16)22-2/h7-9,11H,3-6H2,1-2H3. The molecule has 1 saturated carbocycles. The Hall–Kier alpha value is -2.61. The summed E-state index contributed by atoms with van der Waals surface area (Å²) in [5.74, 6) is 0.124. The van der Waals surface area contributed by atoms with Gasteiger partial charge in [0.05, 0.1) is 24.8 Å². The maximum absolute atomic E-state index is 12.2. The van der Waals surface area contributed by atoms with Gasteiger partial charge in [0.1, 0.15) is 11.6 Å². The summed E-state index contributed by atoms with van der Waals surface area (Å²) in [6.07, 6.45) is 3.63. The summed E-state index contributed by atoms with van der Waals surface area (Å²) < 4.78 is 10.3. The van der Waals surface area contributed by atoms with E-state index in [9.17, 15) is 10.1 Å². The van der Waals surface area contributed by atoms with Crippen LogP contribution in [-0.4, -0.2) is 24.7 Å². The van der Waals surface area contributed by atoms with Gasteiger partial charge in [-0.2, -0.15) is 5.26 Å². The SMILES string of the molecule is CCOC(=O)c1c(OC)nc2cc(C3CCC3)ccc2c1C#N. The minimum atomic E-state index is -0.585. The van der Waals surface area contributed by atoms with Crippen LogP contribution in [0.3, 0.4) is 0 Å². The normalized spacial score (nSPS) is 14.1. The summed E-state index contributed by atoms with van der Waals surface area (Å²) >= 11 is 0. The number of hydrogen-bond acceptors (Lipinski definition) is 5. The number of methoxy groups -OCH3 is 1. The van der Waals surface area contributed by atoms with E-state index in [0.29, 0.717) is 16.8 Å². The van der Waals surface area contributed by atoms with Crippen LogP contribution >= 0.6 is 0 Å². The molecular formula is C18H18N2O3. The molecule has 1 fully saturated rings. The van der Waals surface area contributed by atoms with Crippen molar-refractivity contribution in [1.29, 1.82) is 5.26 Å². The number of carbonyl (C=O) groups excluding carboxylic acids is 1. The van der Waals surface area contributed by atoms with Crippen LogP contribution in [0.2, 0.25) is 0 Å². The topological polar surface area (TPSA) is 72.2 Å². The van der Waals surface area contributed by atoms with Gasteiger partial charge in [0.25, 0.3) is 0 Å². The monoisotopic (exact) mass is 310 g/mol. The molecule has 0 spiro atoms. The first-order valence-electron chi connectivity index (χ1n) is 7.78. The molecular weight excluding hydrogens is 292 g/mol. The lowest BCUT2D eigenvalue weighted by Crippen LogP contribution is -2.12. The molecule has 0 amide bonds. The van der Waals surface area contributed by atoms with Gasteiger partial charge in [-0.3, -0.25) is 0 Å². The molecule has 5 nitrogen and oxygen atoms in total. The van der Waals surface area contributed by atoms with Gasteiger partial charge in [0, 0.05) is 5.39 Å². The zero-order valence-corrected chi connectivity index (χ0v) is 13.3. The van der Waals surface area contributed by atoms with Crippen LogP contribution in [0.5, 0.6) is 5.88 Å². The third-order valence-electron chi connectivity index (χ3n) is 4.34. The Kier molecular flexibility index (Phi) is 4.16. The molecule has 1 heterocycles. The van der Waals surface area contributed by atoms with Gasteiger partial charge in [-0.25, -0.2) is 9.78 Å². The summed E-state index contributed by atoms with van der Waals surface area (Å²) in [4.78, 5) is 16.6. The third kappa shape index (κ3) is 2.61. The number of esters is 1. The van der Waals surface area contributed by atoms with E-state index in [2.05, 4.69) is 11.1 Å². The smallest absolute Gasteiger partial charge is 0.345 e. The van der Waals surface area contributed by atoms with E-state index < -0.39 is 5.97 Å². The Labute approximate surface area is 134 Å². The number of hydrogen-bond donors (Lipinski definition) is 0. The number of fused-ring (bicyclic) bond motifs is 1. The number of carbonyl (C=O) groups is 1. The van der Waals surface area contributed by atoms with Crippen molar-refractivity contribution < 1.29 is 14.3 Å². The fourth-order valence-electron chi connectivity index (χ4n) is 2.91. The van der Waals surface area contributed by atoms with Crippen LogP contribution in [0.15, 0.2) is 18.2 Å². The Morgan fingerprint density at radius 2 is 2.22 bits per heavy atom. The van der Waals surface area contributed by atoms with Gasteiger partial charge in [-0.05, 0) is 37.3 Å². The maximum Gasteiger partial charge on any atom is 0.345 e. The van der Waals surface area contributed by atoms with Gasteiger partial charge in [-0.15, -0.1) is 0 Å². The highest BCUT2D eigenvalue weighted by Crippen LogP contribution is 2.38.